The third-order valence-electron chi connectivity index (χ3n) is 8.81. The first kappa shape index (κ1) is 45.3. The van der Waals surface area contributed by atoms with E-state index < -0.39 is 34.7 Å². The van der Waals surface area contributed by atoms with Crippen molar-refractivity contribution in [1.29, 1.82) is 0 Å². The Hall–Kier alpha value is -4.81. The molecule has 0 bridgehead atoms. The van der Waals surface area contributed by atoms with Crippen LogP contribution >= 0.6 is 0 Å². The fraction of sp³-hybridized carbons (Fsp3) is 0.500. The number of hydrogen-bond donors (Lipinski definition) is 5. The van der Waals surface area contributed by atoms with Crippen molar-refractivity contribution in [3.63, 3.8) is 0 Å². The predicted octanol–water partition coefficient (Wildman–Crippen LogP) is 2.10. The highest BCUT2D eigenvalue weighted by atomic mass is 32.2. The molecule has 5 N–H and O–H groups in total. The monoisotopic (exact) mass is 779 g/mol. The van der Waals surface area contributed by atoms with Crippen LogP contribution in [0.2, 0.25) is 0 Å². The fourth-order valence-electron chi connectivity index (χ4n) is 5.98. The average Bonchev–Trinajstić information content (AvgIpc) is 3.77. The van der Waals surface area contributed by atoms with Gasteiger partial charge in [-0.25, -0.2) is 8.60 Å². The number of nitrogens with zero attached hydrogens (tertiary/aromatic N) is 2. The Bertz CT molecular complexity index is 1590. The topological polar surface area (TPSA) is 195 Å². The van der Waals surface area contributed by atoms with Crippen LogP contribution in [-0.2, 0) is 41.6 Å². The average molecular weight is 780 g/mol. The number of likely N-dealkylation sites (tertiary alicyclic amines) is 1. The van der Waals surface area contributed by atoms with E-state index in [4.69, 9.17) is 4.79 Å². The maximum atomic E-state index is 14.5. The van der Waals surface area contributed by atoms with Gasteiger partial charge < -0.3 is 40.6 Å². The molecule has 18 heteroatoms. The van der Waals surface area contributed by atoms with E-state index in [0.29, 0.717) is 36.4 Å². The Morgan fingerprint density at radius 2 is 1.89 bits per heavy atom. The molecule has 0 aliphatic carbocycles. The summed E-state index contributed by atoms with van der Waals surface area (Å²) in [6.07, 6.45) is 6.23. The number of likely N-dealkylation sites (N-methyl/N-ethyl adjacent to an activating group) is 1. The zero-order valence-corrected chi connectivity index (χ0v) is 31.7. The molecule has 3 atom stereocenters. The van der Waals surface area contributed by atoms with Crippen molar-refractivity contribution in [3.05, 3.63) is 52.8 Å². The molecule has 0 saturated carbocycles. The standard InChI is InChI=1S/C19H30N4O3.C16H19F2N3O4S.CH2O/c1-14-15(8-6-9-16(14)22-12-5-4-11-20-2)18(25)23-17(10-7-13-24)19(26)21-3;17-13-7-12(2-5-20-4-1-11(9-20)3-6-22)8-14(25-18)16(13)21-10-15(23)19-26(21)24;1-2/h6,8-9,13,17,20,22H,4-5,7,10-12H2,1-3H3,(H,21,26)(H,23,25);6-8,11H,1-5,9-10H2,(H,19,23);1H2. The van der Waals surface area contributed by atoms with Crippen molar-refractivity contribution in [2.45, 2.75) is 57.9 Å². The number of hydrogen-bond acceptors (Lipinski definition) is 11. The number of nitrogens with one attached hydrogen (secondary N) is 5. The van der Waals surface area contributed by atoms with Gasteiger partial charge in [-0.3, -0.25) is 28.4 Å². The molecule has 0 spiro atoms. The highest BCUT2D eigenvalue weighted by Crippen LogP contribution is 2.35. The maximum absolute atomic E-state index is 14.5. The van der Waals surface area contributed by atoms with Gasteiger partial charge in [0.1, 0.15) is 37.6 Å². The zero-order valence-electron chi connectivity index (χ0n) is 30.9. The second-order valence-corrected chi connectivity index (χ2v) is 13.7. The normalized spacial score (nSPS) is 16.8. The number of carbonyl (C=O) groups is 6. The van der Waals surface area contributed by atoms with E-state index in [1.54, 1.807) is 6.07 Å². The van der Waals surface area contributed by atoms with Crippen LogP contribution in [0, 0.1) is 18.7 Å². The summed E-state index contributed by atoms with van der Waals surface area (Å²) in [5, 5.41) is 11.7. The van der Waals surface area contributed by atoms with Crippen LogP contribution in [0.3, 0.4) is 0 Å². The zero-order chi connectivity index (χ0) is 40.0. The first-order chi connectivity index (χ1) is 26.1. The number of amides is 3. The maximum Gasteiger partial charge on any atom is 0.253 e. The molecular weight excluding hydrogens is 729 g/mol. The number of anilines is 2. The summed E-state index contributed by atoms with van der Waals surface area (Å²) in [4.78, 5) is 70.9. The summed E-state index contributed by atoms with van der Waals surface area (Å²) in [6, 6.07) is 7.34. The lowest BCUT2D eigenvalue weighted by atomic mass is 10.0. The molecule has 2 aliphatic heterocycles. The highest BCUT2D eigenvalue weighted by Gasteiger charge is 2.32. The van der Waals surface area contributed by atoms with Gasteiger partial charge in [-0.15, -0.1) is 0 Å². The summed E-state index contributed by atoms with van der Waals surface area (Å²) in [5.74, 6) is -2.04. The Kier molecular flexibility index (Phi) is 20.6. The van der Waals surface area contributed by atoms with Crippen molar-refractivity contribution in [2.24, 2.45) is 5.92 Å². The molecule has 4 rings (SSSR count). The first-order valence-corrected chi connectivity index (χ1v) is 18.7. The lowest BCUT2D eigenvalue weighted by Crippen LogP contribution is -2.45. The van der Waals surface area contributed by atoms with Crippen LogP contribution in [0.25, 0.3) is 0 Å². The van der Waals surface area contributed by atoms with Gasteiger partial charge in [0.25, 0.3) is 11.8 Å². The number of carbonyl (C=O) groups excluding carboxylic acids is 6. The molecule has 2 saturated heterocycles. The van der Waals surface area contributed by atoms with Crippen molar-refractivity contribution in [1.82, 2.24) is 25.6 Å². The minimum Gasteiger partial charge on any atom is -0.385 e. The van der Waals surface area contributed by atoms with Crippen LogP contribution < -0.4 is 35.2 Å². The molecule has 2 fully saturated rings. The Balaban J connectivity index is 0.000000357. The number of rotatable bonds is 19. The third kappa shape index (κ3) is 13.9. The summed E-state index contributed by atoms with van der Waals surface area (Å²) >= 11 is -1.97. The van der Waals surface area contributed by atoms with Gasteiger partial charge in [0.15, 0.2) is 11.6 Å². The molecule has 3 amide bonds. The second-order valence-electron chi connectivity index (χ2n) is 12.5. The smallest absolute Gasteiger partial charge is 0.253 e. The van der Waals surface area contributed by atoms with Crippen LogP contribution in [0.1, 0.15) is 60.0 Å². The van der Waals surface area contributed by atoms with Crippen molar-refractivity contribution >= 4 is 59.6 Å². The number of aldehydes is 2. The van der Waals surface area contributed by atoms with E-state index in [1.165, 1.54) is 19.2 Å². The van der Waals surface area contributed by atoms with Crippen LogP contribution in [0.4, 0.5) is 20.3 Å². The van der Waals surface area contributed by atoms with Gasteiger partial charge in [0.2, 0.25) is 17.1 Å². The summed E-state index contributed by atoms with van der Waals surface area (Å²) in [7, 11) is 3.44. The molecule has 3 unspecified atom stereocenters. The van der Waals surface area contributed by atoms with Crippen molar-refractivity contribution in [3.8, 4) is 5.75 Å². The SMILES string of the molecule is C=O.CNCCCCNc1cccc(C(=O)NC(CCC=O)C(=O)NC)c1C.O=CCC1CCN(CCc2cc(F)c(N3CC(=O)NS3=O)c(OF)c2)C1. The molecule has 15 nitrogen and oxygen atoms in total. The molecular formula is C36H51F2N7O8S. The van der Waals surface area contributed by atoms with Gasteiger partial charge in [0.05, 0.1) is 0 Å². The summed E-state index contributed by atoms with van der Waals surface area (Å²) < 4.78 is 42.3. The molecule has 2 aromatic carbocycles. The molecule has 2 aromatic rings. The van der Waals surface area contributed by atoms with Crippen molar-refractivity contribution < 1.29 is 46.8 Å². The molecule has 0 radical (unpaired) electrons. The number of halogens is 2. The van der Waals surface area contributed by atoms with Gasteiger partial charge in [-0.2, -0.15) is 0 Å². The number of unbranched alkanes of at least 4 members (excludes halogenated alkanes) is 1. The van der Waals surface area contributed by atoms with Gasteiger partial charge in [0, 0.05) is 55.3 Å². The molecule has 2 aliphatic rings. The van der Waals surface area contributed by atoms with Gasteiger partial charge >= 0.3 is 0 Å². The number of benzene rings is 2. The minimum atomic E-state index is -1.97. The minimum absolute atomic E-state index is 0.214. The largest absolute Gasteiger partial charge is 0.385 e. The van der Waals surface area contributed by atoms with E-state index in [1.807, 2.05) is 32.9 Å². The third-order valence-corrected chi connectivity index (χ3v) is 9.93. The fourth-order valence-corrected chi connectivity index (χ4v) is 6.92. The lowest BCUT2D eigenvalue weighted by Gasteiger charge is -2.19. The lowest BCUT2D eigenvalue weighted by molar-refractivity contribution is -0.122. The molecule has 2 heterocycles. The van der Waals surface area contributed by atoms with E-state index in [2.05, 4.69) is 35.8 Å². The molecule has 298 valence electrons. The van der Waals surface area contributed by atoms with E-state index >= 15 is 0 Å². The second kappa shape index (κ2) is 24.5. The van der Waals surface area contributed by atoms with Gasteiger partial charge in [-0.05, 0) is 100 Å². The highest BCUT2D eigenvalue weighted by molar-refractivity contribution is 7.85. The quantitative estimate of drug-likeness (QED) is 0.104. The van der Waals surface area contributed by atoms with Crippen molar-refractivity contribution in [2.75, 3.05) is 63.0 Å². The molecule has 0 aromatic heterocycles. The Morgan fingerprint density at radius 3 is 2.52 bits per heavy atom. The van der Waals surface area contributed by atoms with E-state index in [-0.39, 0.29) is 36.9 Å². The Labute approximate surface area is 316 Å². The summed E-state index contributed by atoms with van der Waals surface area (Å²) in [5.41, 5.74) is 2.45. The van der Waals surface area contributed by atoms with E-state index in [9.17, 15) is 37.1 Å². The van der Waals surface area contributed by atoms with E-state index in [0.717, 1.165) is 73.6 Å². The van der Waals surface area contributed by atoms with Crippen LogP contribution in [-0.4, -0.2) is 106 Å². The predicted molar refractivity (Wildman–Crippen MR) is 201 cm³/mol. The van der Waals surface area contributed by atoms with Crippen LogP contribution in [0.5, 0.6) is 5.75 Å². The van der Waals surface area contributed by atoms with Gasteiger partial charge in [-0.1, -0.05) is 6.07 Å². The van der Waals surface area contributed by atoms with Crippen LogP contribution in [0.15, 0.2) is 30.3 Å². The first-order valence-electron chi connectivity index (χ1n) is 17.6. The molecule has 54 heavy (non-hydrogen) atoms. The summed E-state index contributed by atoms with van der Waals surface area (Å²) in [6.45, 7) is 7.67. The Morgan fingerprint density at radius 1 is 1.15 bits per heavy atom.